The molecule has 1 rings (SSSR count). The zero-order chi connectivity index (χ0) is 14.4. The molecule has 0 aromatic carbocycles. The van der Waals surface area contributed by atoms with Crippen molar-refractivity contribution in [3.8, 4) is 5.75 Å². The van der Waals surface area contributed by atoms with E-state index in [9.17, 15) is 5.11 Å². The van der Waals surface area contributed by atoms with Gasteiger partial charge in [-0.3, -0.25) is 4.68 Å². The number of likely N-dealkylation sites (N-methyl/N-ethyl adjacent to an activating group) is 1. The molecule has 2 atom stereocenters. The molecular weight excluding hydrogens is 246 g/mol. The Bertz CT molecular complexity index is 379. The molecule has 2 unspecified atom stereocenters. The minimum atomic E-state index is -0.653. The summed E-state index contributed by atoms with van der Waals surface area (Å²) in [5.74, 6) is 0.600. The molecule has 19 heavy (non-hydrogen) atoms. The Morgan fingerprint density at radius 3 is 2.63 bits per heavy atom. The Balaban J connectivity index is 2.91. The molecule has 0 spiro atoms. The van der Waals surface area contributed by atoms with E-state index in [0.29, 0.717) is 24.6 Å². The van der Waals surface area contributed by atoms with Gasteiger partial charge in [-0.2, -0.15) is 5.10 Å². The maximum atomic E-state index is 10.4. The molecule has 0 aliphatic heterocycles. The van der Waals surface area contributed by atoms with Crippen LogP contribution < -0.4 is 4.74 Å². The van der Waals surface area contributed by atoms with Gasteiger partial charge >= 0.3 is 0 Å². The Morgan fingerprint density at radius 1 is 1.42 bits per heavy atom. The molecule has 0 aliphatic rings. The second-order valence-electron chi connectivity index (χ2n) is 5.00. The zero-order valence-electron chi connectivity index (χ0n) is 12.5. The lowest BCUT2D eigenvalue weighted by molar-refractivity contribution is 0.0492. The minimum absolute atomic E-state index is 0.0197. The van der Waals surface area contributed by atoms with E-state index in [2.05, 4.69) is 10.00 Å². The van der Waals surface area contributed by atoms with Crippen molar-refractivity contribution in [1.82, 2.24) is 14.7 Å². The van der Waals surface area contributed by atoms with E-state index >= 15 is 0 Å². The number of ether oxygens (including phenoxy) is 2. The molecule has 1 aromatic rings. The van der Waals surface area contributed by atoms with Gasteiger partial charge < -0.3 is 19.5 Å². The first-order chi connectivity index (χ1) is 9.01. The van der Waals surface area contributed by atoms with Crippen LogP contribution in [0.4, 0.5) is 0 Å². The lowest BCUT2D eigenvalue weighted by Gasteiger charge is -2.21. The monoisotopic (exact) mass is 271 g/mol. The normalized spacial score (nSPS) is 14.7. The molecule has 1 N–H and O–H groups in total. The Morgan fingerprint density at radius 2 is 2.11 bits per heavy atom. The predicted molar refractivity (Wildman–Crippen MR) is 73.3 cm³/mol. The first-order valence-electron chi connectivity index (χ1n) is 6.42. The molecule has 0 saturated carbocycles. The number of rotatable bonds is 8. The molecule has 0 saturated heterocycles. The summed E-state index contributed by atoms with van der Waals surface area (Å²) in [4.78, 5) is 2.07. The van der Waals surface area contributed by atoms with E-state index in [1.807, 2.05) is 21.0 Å². The lowest BCUT2D eigenvalue weighted by atomic mass is 10.0. The van der Waals surface area contributed by atoms with Gasteiger partial charge in [-0.25, -0.2) is 0 Å². The van der Waals surface area contributed by atoms with Gasteiger partial charge in [0.25, 0.3) is 0 Å². The average Bonchev–Trinajstić information content (AvgIpc) is 2.78. The smallest absolute Gasteiger partial charge is 0.162 e. The van der Waals surface area contributed by atoms with Crippen LogP contribution in [0.25, 0.3) is 0 Å². The number of nitrogens with zero attached hydrogens (tertiary/aromatic N) is 3. The summed E-state index contributed by atoms with van der Waals surface area (Å²) in [7, 11) is 7.23. The third-order valence-corrected chi connectivity index (χ3v) is 3.07. The quantitative estimate of drug-likeness (QED) is 0.757. The lowest BCUT2D eigenvalue weighted by Crippen LogP contribution is -2.23. The summed E-state index contributed by atoms with van der Waals surface area (Å²) in [5.41, 5.74) is 0.717. The maximum absolute atomic E-state index is 10.4. The number of methoxy groups -OCH3 is 2. The van der Waals surface area contributed by atoms with Gasteiger partial charge in [0, 0.05) is 19.6 Å². The molecular formula is C13H25N3O3. The van der Waals surface area contributed by atoms with Crippen molar-refractivity contribution in [3.05, 3.63) is 11.9 Å². The highest BCUT2D eigenvalue weighted by Crippen LogP contribution is 2.30. The van der Waals surface area contributed by atoms with E-state index in [1.54, 1.807) is 25.1 Å². The molecule has 6 heteroatoms. The average molecular weight is 271 g/mol. The van der Waals surface area contributed by atoms with Crippen LogP contribution in [0.2, 0.25) is 0 Å². The second-order valence-corrected chi connectivity index (χ2v) is 5.00. The summed E-state index contributed by atoms with van der Waals surface area (Å²) in [6.07, 6.45) is 0.993. The number of hydrogen-bond acceptors (Lipinski definition) is 5. The molecule has 6 nitrogen and oxygen atoms in total. The summed E-state index contributed by atoms with van der Waals surface area (Å²) in [6, 6.07) is 0. The molecule has 0 aliphatic carbocycles. The fourth-order valence-electron chi connectivity index (χ4n) is 1.93. The third kappa shape index (κ3) is 4.19. The van der Waals surface area contributed by atoms with Gasteiger partial charge in [0.2, 0.25) is 0 Å². The van der Waals surface area contributed by atoms with Gasteiger partial charge in [0.15, 0.2) is 5.75 Å². The van der Waals surface area contributed by atoms with E-state index in [1.165, 1.54) is 0 Å². The van der Waals surface area contributed by atoms with E-state index in [0.717, 1.165) is 6.54 Å². The van der Waals surface area contributed by atoms with Gasteiger partial charge in [0.1, 0.15) is 11.8 Å². The third-order valence-electron chi connectivity index (χ3n) is 3.07. The first kappa shape index (κ1) is 15.9. The van der Waals surface area contributed by atoms with Crippen molar-refractivity contribution in [2.75, 3.05) is 41.5 Å². The van der Waals surface area contributed by atoms with Crippen LogP contribution in [0, 0.1) is 5.92 Å². The highest BCUT2D eigenvalue weighted by Gasteiger charge is 2.25. The number of hydrogen-bond donors (Lipinski definition) is 1. The molecule has 0 radical (unpaired) electrons. The summed E-state index contributed by atoms with van der Waals surface area (Å²) < 4.78 is 12.2. The second kappa shape index (κ2) is 7.47. The number of aliphatic hydroxyl groups is 1. The van der Waals surface area contributed by atoms with Crippen LogP contribution in [0.1, 0.15) is 18.7 Å². The molecule has 0 fully saturated rings. The fraction of sp³-hybridized carbons (Fsp3) is 0.769. The topological polar surface area (TPSA) is 59.8 Å². The van der Waals surface area contributed by atoms with Crippen molar-refractivity contribution in [2.45, 2.75) is 19.6 Å². The van der Waals surface area contributed by atoms with Crippen LogP contribution in [-0.2, 0) is 11.3 Å². The van der Waals surface area contributed by atoms with Crippen LogP contribution in [0.5, 0.6) is 5.75 Å². The van der Waals surface area contributed by atoms with Gasteiger partial charge in [-0.1, -0.05) is 6.92 Å². The highest BCUT2D eigenvalue weighted by atomic mass is 16.5. The summed E-state index contributed by atoms with van der Waals surface area (Å²) in [5, 5.41) is 14.7. The predicted octanol–water partition coefficient (Wildman–Crippen LogP) is 0.769. The zero-order valence-corrected chi connectivity index (χ0v) is 12.5. The maximum Gasteiger partial charge on any atom is 0.162 e. The SMILES string of the molecule is COCC(C)C(O)c1c(OC)cnn1CCN(C)C. The number of aromatic nitrogens is 2. The van der Waals surface area contributed by atoms with Crippen LogP contribution in [0.15, 0.2) is 6.20 Å². The Kier molecular flexibility index (Phi) is 6.27. The Hall–Kier alpha value is -1.11. The van der Waals surface area contributed by atoms with Crippen molar-refractivity contribution in [3.63, 3.8) is 0 Å². The molecule has 0 amide bonds. The van der Waals surface area contributed by atoms with Crippen molar-refractivity contribution >= 4 is 0 Å². The van der Waals surface area contributed by atoms with Gasteiger partial charge in [-0.05, 0) is 14.1 Å². The van der Waals surface area contributed by atoms with Crippen LogP contribution in [0.3, 0.4) is 0 Å². The summed E-state index contributed by atoms with van der Waals surface area (Å²) >= 11 is 0. The minimum Gasteiger partial charge on any atom is -0.493 e. The van der Waals surface area contributed by atoms with E-state index < -0.39 is 6.10 Å². The van der Waals surface area contributed by atoms with E-state index in [4.69, 9.17) is 9.47 Å². The van der Waals surface area contributed by atoms with Crippen molar-refractivity contribution in [2.24, 2.45) is 5.92 Å². The molecule has 0 bridgehead atoms. The van der Waals surface area contributed by atoms with Crippen molar-refractivity contribution in [1.29, 1.82) is 0 Å². The highest BCUT2D eigenvalue weighted by molar-refractivity contribution is 5.27. The first-order valence-corrected chi connectivity index (χ1v) is 6.42. The molecule has 1 heterocycles. The van der Waals surface area contributed by atoms with Crippen molar-refractivity contribution < 1.29 is 14.6 Å². The van der Waals surface area contributed by atoms with Gasteiger partial charge in [-0.15, -0.1) is 0 Å². The molecule has 110 valence electrons. The number of aliphatic hydroxyl groups excluding tert-OH is 1. The van der Waals surface area contributed by atoms with Crippen LogP contribution >= 0.6 is 0 Å². The van der Waals surface area contributed by atoms with Crippen LogP contribution in [-0.4, -0.2) is 61.3 Å². The largest absolute Gasteiger partial charge is 0.493 e. The fourth-order valence-corrected chi connectivity index (χ4v) is 1.93. The Labute approximate surface area is 114 Å². The summed E-state index contributed by atoms with van der Waals surface area (Å²) in [6.45, 7) is 3.99. The van der Waals surface area contributed by atoms with E-state index in [-0.39, 0.29) is 5.92 Å². The van der Waals surface area contributed by atoms with Gasteiger partial charge in [0.05, 0.1) is 26.5 Å². The standard InChI is InChI=1S/C13H25N3O3/c1-10(9-18-4)13(17)12-11(19-5)8-14-16(12)7-6-15(2)3/h8,10,13,17H,6-7,9H2,1-5H3. The molecule has 1 aromatic heterocycles.